The van der Waals surface area contributed by atoms with Crippen LogP contribution in [0.15, 0.2) is 34.9 Å². The van der Waals surface area contributed by atoms with Crippen molar-refractivity contribution in [2.24, 2.45) is 5.73 Å². The van der Waals surface area contributed by atoms with Crippen LogP contribution in [0.5, 0.6) is 0 Å². The molecule has 1 aromatic heterocycles. The molecule has 1 unspecified atom stereocenters. The number of halogens is 1. The normalized spacial score (nSPS) is 13.0. The van der Waals surface area contributed by atoms with Gasteiger partial charge in [0, 0.05) is 10.6 Å². The molecule has 2 N–H and O–H groups in total. The molecule has 0 spiro atoms. The van der Waals surface area contributed by atoms with E-state index in [1.807, 2.05) is 0 Å². The molecule has 0 aliphatic rings. The molecule has 0 aliphatic heterocycles. The Kier molecular flexibility index (Phi) is 4.34. The average molecular weight is 329 g/mol. The van der Waals surface area contributed by atoms with Gasteiger partial charge in [-0.3, -0.25) is 4.79 Å². The molecule has 1 atom stereocenters. The van der Waals surface area contributed by atoms with Gasteiger partial charge in [-0.15, -0.1) is 0 Å². The molecule has 1 heterocycles. The van der Waals surface area contributed by atoms with Gasteiger partial charge in [-0.2, -0.15) is 0 Å². The Morgan fingerprint density at radius 1 is 1.48 bits per heavy atom. The van der Waals surface area contributed by atoms with E-state index in [1.54, 1.807) is 24.3 Å². The smallest absolute Gasteiger partial charge is 0.235 e. The number of rotatable bonds is 5. The summed E-state index contributed by atoms with van der Waals surface area (Å²) in [7, 11) is -3.71. The fourth-order valence-corrected chi connectivity index (χ4v) is 2.97. The van der Waals surface area contributed by atoms with Crippen LogP contribution in [0.4, 0.5) is 0 Å². The molecule has 0 fully saturated rings. The number of oxazole rings is 1. The van der Waals surface area contributed by atoms with Gasteiger partial charge in [0.1, 0.15) is 11.5 Å². The van der Waals surface area contributed by atoms with Crippen LogP contribution in [0.25, 0.3) is 11.5 Å². The van der Waals surface area contributed by atoms with Gasteiger partial charge >= 0.3 is 0 Å². The number of nitrogens with zero attached hydrogens (tertiary/aromatic N) is 1. The zero-order chi connectivity index (χ0) is 15.6. The maximum absolute atomic E-state index is 11.9. The number of carbonyl (C=O) groups is 1. The van der Waals surface area contributed by atoms with E-state index in [0.29, 0.717) is 10.6 Å². The zero-order valence-electron chi connectivity index (χ0n) is 11.1. The molecule has 0 saturated carbocycles. The minimum absolute atomic E-state index is 0.207. The third-order valence-electron chi connectivity index (χ3n) is 2.91. The highest BCUT2D eigenvalue weighted by molar-refractivity contribution is 7.92. The third-order valence-corrected chi connectivity index (χ3v) is 5.15. The minimum Gasteiger partial charge on any atom is -0.444 e. The van der Waals surface area contributed by atoms with E-state index in [2.05, 4.69) is 4.98 Å². The monoisotopic (exact) mass is 328 g/mol. The van der Waals surface area contributed by atoms with Crippen LogP contribution in [0.2, 0.25) is 5.02 Å². The summed E-state index contributed by atoms with van der Waals surface area (Å²) in [5, 5.41) is -0.758. The molecule has 0 aliphatic carbocycles. The van der Waals surface area contributed by atoms with Gasteiger partial charge in [0.05, 0.1) is 11.4 Å². The van der Waals surface area contributed by atoms with Crippen molar-refractivity contribution in [1.82, 2.24) is 4.98 Å². The molecule has 1 aromatic carbocycles. The summed E-state index contributed by atoms with van der Waals surface area (Å²) in [5.74, 6) is -1.05. The molecule has 8 heteroatoms. The van der Waals surface area contributed by atoms with Gasteiger partial charge in [-0.25, -0.2) is 13.4 Å². The number of amides is 1. The summed E-state index contributed by atoms with van der Waals surface area (Å²) >= 11 is 5.87. The molecule has 6 nitrogen and oxygen atoms in total. The first-order valence-electron chi connectivity index (χ1n) is 6.01. The molecule has 21 heavy (non-hydrogen) atoms. The second kappa shape index (κ2) is 5.87. The topological polar surface area (TPSA) is 103 Å². The first-order valence-corrected chi connectivity index (χ1v) is 8.10. The number of hydrogen-bond donors (Lipinski definition) is 1. The van der Waals surface area contributed by atoms with Crippen LogP contribution in [0.1, 0.15) is 12.6 Å². The SMILES string of the molecule is CC(C(N)=O)S(=O)(=O)Cc1coc(-c2cccc(Cl)c2)n1. The van der Waals surface area contributed by atoms with Crippen LogP contribution < -0.4 is 5.73 Å². The van der Waals surface area contributed by atoms with Crippen LogP contribution in [-0.2, 0) is 20.4 Å². The molecule has 2 aromatic rings. The van der Waals surface area contributed by atoms with Gasteiger partial charge in [0.2, 0.25) is 11.8 Å². The lowest BCUT2D eigenvalue weighted by atomic mass is 10.2. The van der Waals surface area contributed by atoms with Gasteiger partial charge in [-0.05, 0) is 25.1 Å². The summed E-state index contributed by atoms with van der Waals surface area (Å²) in [5.41, 5.74) is 5.85. The second-order valence-electron chi connectivity index (χ2n) is 4.51. The van der Waals surface area contributed by atoms with E-state index in [9.17, 15) is 13.2 Å². The molecular formula is C13H13ClN2O4S. The standard InChI is InChI=1S/C13H13ClN2O4S/c1-8(12(15)17)21(18,19)7-11-6-20-13(16-11)9-3-2-4-10(14)5-9/h2-6,8H,7H2,1H3,(H2,15,17). The Balaban J connectivity index is 2.23. The molecule has 0 saturated heterocycles. The Morgan fingerprint density at radius 2 is 2.19 bits per heavy atom. The molecule has 2 rings (SSSR count). The second-order valence-corrected chi connectivity index (χ2v) is 7.26. The van der Waals surface area contributed by atoms with Crippen molar-refractivity contribution in [2.45, 2.75) is 17.9 Å². The predicted molar refractivity (Wildman–Crippen MR) is 78.2 cm³/mol. The fraction of sp³-hybridized carbons (Fsp3) is 0.231. The van der Waals surface area contributed by atoms with Crippen molar-refractivity contribution >= 4 is 27.3 Å². The highest BCUT2D eigenvalue weighted by Gasteiger charge is 2.27. The van der Waals surface area contributed by atoms with E-state index in [1.165, 1.54) is 13.2 Å². The van der Waals surface area contributed by atoms with Crippen molar-refractivity contribution in [2.75, 3.05) is 0 Å². The molecule has 112 valence electrons. The molecular weight excluding hydrogens is 316 g/mol. The summed E-state index contributed by atoms with van der Waals surface area (Å²) in [6.45, 7) is 1.25. The van der Waals surface area contributed by atoms with Crippen LogP contribution in [-0.4, -0.2) is 24.6 Å². The molecule has 0 bridgehead atoms. The Morgan fingerprint density at radius 3 is 2.81 bits per heavy atom. The summed E-state index contributed by atoms with van der Waals surface area (Å²) < 4.78 is 29.1. The number of primary amides is 1. The van der Waals surface area contributed by atoms with Crippen molar-refractivity contribution in [3.8, 4) is 11.5 Å². The van der Waals surface area contributed by atoms with Gasteiger partial charge < -0.3 is 10.2 Å². The first kappa shape index (κ1) is 15.5. The van der Waals surface area contributed by atoms with Crippen molar-refractivity contribution in [3.63, 3.8) is 0 Å². The lowest BCUT2D eigenvalue weighted by molar-refractivity contribution is -0.117. The zero-order valence-corrected chi connectivity index (χ0v) is 12.7. The van der Waals surface area contributed by atoms with E-state index >= 15 is 0 Å². The number of carbonyl (C=O) groups excluding carboxylic acids is 1. The van der Waals surface area contributed by atoms with Crippen molar-refractivity contribution in [3.05, 3.63) is 41.2 Å². The third kappa shape index (κ3) is 3.62. The maximum Gasteiger partial charge on any atom is 0.235 e. The largest absolute Gasteiger partial charge is 0.444 e. The Bertz CT molecular complexity index is 770. The number of sulfone groups is 1. The quantitative estimate of drug-likeness (QED) is 0.901. The van der Waals surface area contributed by atoms with Crippen molar-refractivity contribution in [1.29, 1.82) is 0 Å². The van der Waals surface area contributed by atoms with Gasteiger partial charge in [0.15, 0.2) is 9.84 Å². The first-order chi connectivity index (χ1) is 9.79. The van der Waals surface area contributed by atoms with E-state index in [-0.39, 0.29) is 11.6 Å². The number of hydrogen-bond acceptors (Lipinski definition) is 5. The number of aromatic nitrogens is 1. The average Bonchev–Trinajstić information content (AvgIpc) is 2.85. The van der Waals surface area contributed by atoms with Crippen LogP contribution in [0, 0.1) is 0 Å². The van der Waals surface area contributed by atoms with Gasteiger partial charge in [-0.1, -0.05) is 17.7 Å². The highest BCUT2D eigenvalue weighted by Crippen LogP contribution is 2.23. The Labute approximate surface area is 126 Å². The number of benzene rings is 1. The van der Waals surface area contributed by atoms with E-state index in [4.69, 9.17) is 21.8 Å². The van der Waals surface area contributed by atoms with E-state index < -0.39 is 26.7 Å². The predicted octanol–water partition coefficient (Wildman–Crippen LogP) is 1.78. The molecule has 0 radical (unpaired) electrons. The lowest BCUT2D eigenvalue weighted by Gasteiger charge is -2.06. The number of nitrogens with two attached hydrogens (primary N) is 1. The fourth-order valence-electron chi connectivity index (χ4n) is 1.64. The molecule has 1 amide bonds. The maximum atomic E-state index is 11.9. The highest BCUT2D eigenvalue weighted by atomic mass is 35.5. The summed E-state index contributed by atoms with van der Waals surface area (Å²) in [6, 6.07) is 6.82. The summed E-state index contributed by atoms with van der Waals surface area (Å²) in [6.07, 6.45) is 1.24. The minimum atomic E-state index is -3.71. The van der Waals surface area contributed by atoms with Crippen molar-refractivity contribution < 1.29 is 17.6 Å². The van der Waals surface area contributed by atoms with Crippen LogP contribution in [0.3, 0.4) is 0 Å². The Hall–Kier alpha value is -1.86. The van der Waals surface area contributed by atoms with Crippen LogP contribution >= 0.6 is 11.6 Å². The lowest BCUT2D eigenvalue weighted by Crippen LogP contribution is -2.34. The summed E-state index contributed by atoms with van der Waals surface area (Å²) in [4.78, 5) is 15.1. The van der Waals surface area contributed by atoms with Gasteiger partial charge in [0.25, 0.3) is 0 Å². The van der Waals surface area contributed by atoms with E-state index in [0.717, 1.165) is 0 Å².